The maximum atomic E-state index is 4.53. The molecule has 12 nitrogen and oxygen atoms in total. The van der Waals surface area contributed by atoms with Crippen molar-refractivity contribution in [2.45, 2.75) is 235 Å². The Morgan fingerprint density at radius 2 is 0.963 bits per heavy atom. The molecule has 0 radical (unpaired) electrons. The molecule has 1 unspecified atom stereocenters. The van der Waals surface area contributed by atoms with E-state index in [0.717, 1.165) is 74.5 Å². The maximum Gasteiger partial charge on any atom is 0.141 e. The molecule has 2 fully saturated rings. The molecule has 3 aromatic carbocycles. The summed E-state index contributed by atoms with van der Waals surface area (Å²) < 4.78 is 4.34. The van der Waals surface area contributed by atoms with E-state index >= 15 is 0 Å². The van der Waals surface area contributed by atoms with Crippen LogP contribution in [0.4, 0.5) is 0 Å². The van der Waals surface area contributed by atoms with Gasteiger partial charge in [-0.1, -0.05) is 87.9 Å². The maximum absolute atomic E-state index is 4.53. The lowest BCUT2D eigenvalue weighted by Crippen LogP contribution is -2.59. The summed E-state index contributed by atoms with van der Waals surface area (Å²) in [5.74, 6) is 2.13. The van der Waals surface area contributed by atoms with Gasteiger partial charge in [-0.05, 0) is 183 Å². The van der Waals surface area contributed by atoms with Crippen molar-refractivity contribution in [2.75, 3.05) is 52.4 Å². The second-order valence-electron chi connectivity index (χ2n) is 29.7. The van der Waals surface area contributed by atoms with Crippen LogP contribution in [-0.4, -0.2) is 145 Å². The predicted molar refractivity (Wildman–Crippen MR) is 341 cm³/mol. The van der Waals surface area contributed by atoms with Crippen LogP contribution in [0.3, 0.4) is 0 Å². The van der Waals surface area contributed by atoms with Crippen LogP contribution >= 0.6 is 0 Å². The number of hydrogen-bond donors (Lipinski definition) is 1. The fourth-order valence-electron chi connectivity index (χ4n) is 11.7. The highest BCUT2D eigenvalue weighted by atomic mass is 15.4. The van der Waals surface area contributed by atoms with Crippen molar-refractivity contribution in [1.82, 2.24) is 58.7 Å². The Balaban J connectivity index is 0.000000140. The molecule has 12 heteroatoms. The van der Waals surface area contributed by atoms with Crippen molar-refractivity contribution >= 4 is 11.0 Å². The first kappa shape index (κ1) is 63.9. The van der Waals surface area contributed by atoms with Crippen LogP contribution in [0, 0.1) is 0 Å². The van der Waals surface area contributed by atoms with E-state index in [4.69, 9.17) is 0 Å². The Morgan fingerprint density at radius 1 is 0.457 bits per heavy atom. The van der Waals surface area contributed by atoms with Gasteiger partial charge in [0.15, 0.2) is 0 Å². The minimum absolute atomic E-state index is 0.0962. The van der Waals surface area contributed by atoms with Crippen molar-refractivity contribution in [1.29, 1.82) is 0 Å². The molecule has 1 N–H and O–H groups in total. The fourth-order valence-corrected chi connectivity index (χ4v) is 11.7. The molecule has 446 valence electrons. The third-order valence-electron chi connectivity index (χ3n) is 17.4. The molecular weight excluding hydrogens is 997 g/mol. The molecule has 9 heterocycles. The van der Waals surface area contributed by atoms with Gasteiger partial charge in [0.2, 0.25) is 0 Å². The summed E-state index contributed by atoms with van der Waals surface area (Å²) in [6.07, 6.45) is 10.5. The molecule has 2 saturated heterocycles. The summed E-state index contributed by atoms with van der Waals surface area (Å²) in [4.78, 5) is 27.5. The van der Waals surface area contributed by atoms with Gasteiger partial charge in [-0.25, -0.2) is 14.6 Å². The zero-order valence-corrected chi connectivity index (χ0v) is 54.2. The number of imidazole rings is 1. The number of aromatic nitrogens is 6. The van der Waals surface area contributed by atoms with E-state index in [1.807, 2.05) is 22.9 Å². The number of piperidine rings is 1. The Bertz CT molecular complexity index is 2680. The van der Waals surface area contributed by atoms with Crippen molar-refractivity contribution in [2.24, 2.45) is 0 Å². The molecule has 0 bridgehead atoms. The highest BCUT2D eigenvalue weighted by Crippen LogP contribution is 2.29. The Labute approximate surface area is 492 Å². The number of hydrogen-bond acceptors (Lipinski definition) is 9. The number of nitrogens with zero attached hydrogens (tertiary/aromatic N) is 11. The molecule has 0 amide bonds. The fraction of sp³-hybridized carbons (Fsp3) is 0.638. The number of piperazine rings is 1. The Hall–Kier alpha value is -4.69. The van der Waals surface area contributed by atoms with E-state index in [2.05, 4.69) is 252 Å². The van der Waals surface area contributed by atoms with Crippen LogP contribution < -0.4 is 0 Å². The lowest BCUT2D eigenvalue weighted by Gasteiger charge is -2.48. The van der Waals surface area contributed by atoms with Gasteiger partial charge < -0.3 is 9.55 Å². The Kier molecular flexibility index (Phi) is 21.2. The van der Waals surface area contributed by atoms with E-state index in [-0.39, 0.29) is 11.0 Å². The summed E-state index contributed by atoms with van der Waals surface area (Å²) in [5.41, 5.74) is 11.3. The molecule has 6 aromatic rings. The van der Waals surface area contributed by atoms with Gasteiger partial charge >= 0.3 is 0 Å². The number of H-pyrrole nitrogens is 1. The second kappa shape index (κ2) is 26.9. The van der Waals surface area contributed by atoms with Gasteiger partial charge in [0.25, 0.3) is 0 Å². The normalized spacial score (nSPS) is 19.6. The van der Waals surface area contributed by atoms with Gasteiger partial charge in [0.1, 0.15) is 18.0 Å². The van der Waals surface area contributed by atoms with Crippen molar-refractivity contribution in [3.8, 4) is 0 Å². The summed E-state index contributed by atoms with van der Waals surface area (Å²) in [5, 5.41) is 4.15. The van der Waals surface area contributed by atoms with Crippen molar-refractivity contribution < 1.29 is 0 Å². The highest BCUT2D eigenvalue weighted by molar-refractivity contribution is 5.74. The number of fused-ring (bicyclic) bond motifs is 6. The van der Waals surface area contributed by atoms with Crippen molar-refractivity contribution in [3.05, 3.63) is 137 Å². The minimum Gasteiger partial charge on any atom is -0.349 e. The monoisotopic (exact) mass is 1110 g/mol. The minimum atomic E-state index is 0.0962. The van der Waals surface area contributed by atoms with Crippen LogP contribution in [0.15, 0.2) is 97.5 Å². The molecule has 0 spiro atoms. The van der Waals surface area contributed by atoms with Gasteiger partial charge in [0, 0.05) is 123 Å². The summed E-state index contributed by atoms with van der Waals surface area (Å²) >= 11 is 0. The van der Waals surface area contributed by atoms with Crippen LogP contribution in [0.2, 0.25) is 0 Å². The largest absolute Gasteiger partial charge is 0.349 e. The summed E-state index contributed by atoms with van der Waals surface area (Å²) in [6.45, 7) is 57.0. The second-order valence-corrected chi connectivity index (χ2v) is 29.7. The number of rotatable bonds is 0. The molecule has 1 atom stereocenters. The van der Waals surface area contributed by atoms with Gasteiger partial charge in [-0.15, -0.1) is 0 Å². The first-order valence-electron chi connectivity index (χ1n) is 31.0. The highest BCUT2D eigenvalue weighted by Gasteiger charge is 2.34. The molecule has 6 aliphatic heterocycles. The summed E-state index contributed by atoms with van der Waals surface area (Å²) in [6, 6.07) is 30.9. The molecule has 81 heavy (non-hydrogen) atoms. The third kappa shape index (κ3) is 18.4. The number of para-hydroxylation sites is 2. The van der Waals surface area contributed by atoms with E-state index in [0.29, 0.717) is 22.2 Å². The van der Waals surface area contributed by atoms with Gasteiger partial charge in [-0.2, -0.15) is 5.10 Å². The average molecular weight is 1110 g/mol. The standard InChI is InChI=1S/2C13H19N.C12H24N2.C11H18N2.C11H14N2.C9H16N4/c2*1-13(2,3)14-9-8-11-6-4-5-7-12(11)10-14;1-12(2,3)14-9-8-13-7-5-4-6-11(13)10-14;1-11(2,3)13-8-7-12-6-4-5-10(12)9-13;1-11(2,3)10-12-8-6-4-5-7-9(8)13-10;1-9(2,3)12-4-5-13-8(6-12)10-7-11-13/h2*4-7H,8-10H2,1-3H3;11H,4-10H2,1-3H3;4-6H,7-9H2,1-3H3;4-7H,1-3H3,(H,12,13);7H,4-6H2,1-3H3. The van der Waals surface area contributed by atoms with Crippen molar-refractivity contribution in [3.63, 3.8) is 0 Å². The smallest absolute Gasteiger partial charge is 0.141 e. The molecule has 3 aromatic heterocycles. The topological polar surface area (TPSA) is 83.8 Å². The average Bonchev–Trinajstić information content (AvgIpc) is 4.39. The van der Waals surface area contributed by atoms with Crippen LogP contribution in [0.25, 0.3) is 11.0 Å². The zero-order chi connectivity index (χ0) is 59.0. The molecule has 12 rings (SSSR count). The summed E-state index contributed by atoms with van der Waals surface area (Å²) in [7, 11) is 0. The van der Waals surface area contributed by atoms with Crippen LogP contribution in [-0.2, 0) is 57.5 Å². The van der Waals surface area contributed by atoms with E-state index < -0.39 is 0 Å². The molecule has 0 saturated carbocycles. The quantitative estimate of drug-likeness (QED) is 0.160. The number of nitrogens with one attached hydrogen (secondary N) is 1. The van der Waals surface area contributed by atoms with E-state index in [1.165, 1.54) is 106 Å². The molecule has 0 aliphatic carbocycles. The lowest BCUT2D eigenvalue weighted by atomic mass is 9.95. The SMILES string of the molecule is CC(C)(C)N1CCN2CCCCC2C1.CC(C)(C)N1CCc2ccccc2C1.CC(C)(C)N1CCc2ccccc2C1.CC(C)(C)N1CCn2cccc2C1.CC(C)(C)N1CCn2ncnc2C1.CC(C)(C)c1nc2ccccc2[nH]1. The van der Waals surface area contributed by atoms with E-state index in [9.17, 15) is 0 Å². The van der Waals surface area contributed by atoms with E-state index in [1.54, 1.807) is 6.33 Å². The number of aromatic amines is 1. The van der Waals surface area contributed by atoms with Gasteiger partial charge in [0.05, 0.1) is 24.1 Å². The first-order valence-corrected chi connectivity index (χ1v) is 31.0. The lowest BCUT2D eigenvalue weighted by molar-refractivity contribution is 0.00573. The molecule has 6 aliphatic rings. The number of benzene rings is 3. The third-order valence-corrected chi connectivity index (χ3v) is 17.4. The zero-order valence-electron chi connectivity index (χ0n) is 54.2. The predicted octanol–water partition coefficient (Wildman–Crippen LogP) is 13.5. The molecular formula is C69H110N12. The first-order chi connectivity index (χ1) is 37.9. The Morgan fingerprint density at radius 3 is 1.52 bits per heavy atom. The van der Waals surface area contributed by atoms with Crippen LogP contribution in [0.5, 0.6) is 0 Å². The van der Waals surface area contributed by atoms with Crippen LogP contribution in [0.1, 0.15) is 183 Å². The van der Waals surface area contributed by atoms with Gasteiger partial charge in [-0.3, -0.25) is 29.4 Å².